The fourth-order valence-electron chi connectivity index (χ4n) is 1.20. The van der Waals surface area contributed by atoms with E-state index in [-0.39, 0.29) is 11.5 Å². The second-order valence-electron chi connectivity index (χ2n) is 3.31. The van der Waals surface area contributed by atoms with E-state index in [9.17, 15) is 4.79 Å². The van der Waals surface area contributed by atoms with Crippen LogP contribution in [0.15, 0.2) is 0 Å². The lowest BCUT2D eigenvalue weighted by Crippen LogP contribution is -2.18. The number of rotatable bonds is 1. The molecule has 3 heteroatoms. The largest absolute Gasteiger partial charge is 0.481 e. The van der Waals surface area contributed by atoms with Crippen LogP contribution >= 0.6 is 0 Å². The maximum Gasteiger partial charge on any atom is 0.308 e. The molecule has 0 saturated carbocycles. The molecule has 0 amide bonds. The third-order valence-corrected chi connectivity index (χ3v) is 1.76. The third kappa shape index (κ3) is 1.48. The summed E-state index contributed by atoms with van der Waals surface area (Å²) in [5, 5.41) is 8.57. The molecule has 0 bridgehead atoms. The second kappa shape index (κ2) is 2.23. The first-order valence-corrected chi connectivity index (χ1v) is 3.38. The Morgan fingerprint density at radius 3 is 2.50 bits per heavy atom. The van der Waals surface area contributed by atoms with Gasteiger partial charge in [-0.2, -0.15) is 0 Å². The zero-order valence-corrected chi connectivity index (χ0v) is 6.26. The molecule has 0 aliphatic carbocycles. The van der Waals surface area contributed by atoms with Crippen LogP contribution in [0.2, 0.25) is 0 Å². The zero-order valence-electron chi connectivity index (χ0n) is 6.26. The van der Waals surface area contributed by atoms with Crippen LogP contribution in [0.3, 0.4) is 0 Å². The van der Waals surface area contributed by atoms with Gasteiger partial charge in [-0.25, -0.2) is 0 Å². The molecular formula is C7H12O3. The monoisotopic (exact) mass is 144 g/mol. The molecule has 0 spiro atoms. The lowest BCUT2D eigenvalue weighted by atomic mass is 9.98. The van der Waals surface area contributed by atoms with Crippen molar-refractivity contribution in [3.05, 3.63) is 0 Å². The summed E-state index contributed by atoms with van der Waals surface area (Å²) >= 11 is 0. The molecule has 0 aromatic rings. The number of hydrogen-bond donors (Lipinski definition) is 1. The molecule has 1 fully saturated rings. The molecule has 58 valence electrons. The Bertz CT molecular complexity index is 151. The van der Waals surface area contributed by atoms with Crippen molar-refractivity contribution in [2.45, 2.75) is 25.9 Å². The van der Waals surface area contributed by atoms with Crippen LogP contribution in [0.5, 0.6) is 0 Å². The van der Waals surface area contributed by atoms with E-state index in [4.69, 9.17) is 9.84 Å². The van der Waals surface area contributed by atoms with Gasteiger partial charge in [-0.3, -0.25) is 4.79 Å². The topological polar surface area (TPSA) is 46.5 Å². The first-order chi connectivity index (χ1) is 4.51. The number of carbonyl (C=O) groups is 1. The molecule has 0 aromatic carbocycles. The van der Waals surface area contributed by atoms with Gasteiger partial charge in [0.1, 0.15) is 0 Å². The van der Waals surface area contributed by atoms with Crippen LogP contribution in [-0.4, -0.2) is 23.3 Å². The molecular weight excluding hydrogens is 132 g/mol. The summed E-state index contributed by atoms with van der Waals surface area (Å²) < 4.78 is 5.23. The normalized spacial score (nSPS) is 30.4. The average Bonchev–Trinajstić information content (AvgIpc) is 2.10. The predicted octanol–water partition coefficient (Wildman–Crippen LogP) is 0.886. The summed E-state index contributed by atoms with van der Waals surface area (Å²) in [7, 11) is 0. The van der Waals surface area contributed by atoms with E-state index in [0.717, 1.165) is 0 Å². The van der Waals surface area contributed by atoms with E-state index < -0.39 is 5.97 Å². The standard InChI is InChI=1S/C7H12O3/c1-7(2)3-5(4-10-7)6(8)9/h5H,3-4H2,1-2H3,(H,8,9)/t5-/m1/s1. The molecule has 1 saturated heterocycles. The van der Waals surface area contributed by atoms with Crippen LogP contribution in [0, 0.1) is 5.92 Å². The molecule has 1 heterocycles. The van der Waals surface area contributed by atoms with E-state index in [1.54, 1.807) is 0 Å². The lowest BCUT2D eigenvalue weighted by molar-refractivity contribution is -0.141. The van der Waals surface area contributed by atoms with Gasteiger partial charge in [0.15, 0.2) is 0 Å². The van der Waals surface area contributed by atoms with Gasteiger partial charge in [-0.15, -0.1) is 0 Å². The molecule has 0 radical (unpaired) electrons. The van der Waals surface area contributed by atoms with Crippen molar-refractivity contribution in [2.24, 2.45) is 5.92 Å². The highest BCUT2D eigenvalue weighted by molar-refractivity contribution is 5.70. The van der Waals surface area contributed by atoms with Crippen LogP contribution in [0.1, 0.15) is 20.3 Å². The summed E-state index contributed by atoms with van der Waals surface area (Å²) in [5.41, 5.74) is -0.233. The van der Waals surface area contributed by atoms with Crippen molar-refractivity contribution in [3.63, 3.8) is 0 Å². The number of carboxylic acids is 1. The average molecular weight is 144 g/mol. The van der Waals surface area contributed by atoms with Gasteiger partial charge in [0.25, 0.3) is 0 Å². The molecule has 0 unspecified atom stereocenters. The Kier molecular flexibility index (Phi) is 1.68. The quantitative estimate of drug-likeness (QED) is 0.594. The maximum absolute atomic E-state index is 10.4. The van der Waals surface area contributed by atoms with Gasteiger partial charge in [-0.1, -0.05) is 0 Å². The molecule has 10 heavy (non-hydrogen) atoms. The first kappa shape index (κ1) is 7.54. The molecule has 1 N–H and O–H groups in total. The first-order valence-electron chi connectivity index (χ1n) is 3.38. The van der Waals surface area contributed by atoms with Crippen molar-refractivity contribution >= 4 is 5.97 Å². The summed E-state index contributed by atoms with van der Waals surface area (Å²) in [6, 6.07) is 0. The molecule has 3 nitrogen and oxygen atoms in total. The molecule has 1 aliphatic rings. The summed E-state index contributed by atoms with van der Waals surface area (Å²) in [5.74, 6) is -1.04. The van der Waals surface area contributed by atoms with E-state index in [1.807, 2.05) is 13.8 Å². The van der Waals surface area contributed by atoms with Gasteiger partial charge < -0.3 is 9.84 Å². The van der Waals surface area contributed by atoms with Crippen molar-refractivity contribution in [1.82, 2.24) is 0 Å². The minimum atomic E-state index is -0.745. The molecule has 1 atom stereocenters. The van der Waals surface area contributed by atoms with Crippen molar-refractivity contribution < 1.29 is 14.6 Å². The summed E-state index contributed by atoms with van der Waals surface area (Å²) in [4.78, 5) is 10.4. The van der Waals surface area contributed by atoms with Crippen molar-refractivity contribution in [1.29, 1.82) is 0 Å². The molecule has 1 rings (SSSR count). The van der Waals surface area contributed by atoms with Gasteiger partial charge in [0.2, 0.25) is 0 Å². The second-order valence-corrected chi connectivity index (χ2v) is 3.31. The number of ether oxygens (including phenoxy) is 1. The number of aliphatic carboxylic acids is 1. The maximum atomic E-state index is 10.4. The van der Waals surface area contributed by atoms with Crippen molar-refractivity contribution in [3.8, 4) is 0 Å². The van der Waals surface area contributed by atoms with Gasteiger partial charge >= 0.3 is 5.97 Å². The van der Waals surface area contributed by atoms with Gasteiger partial charge in [0.05, 0.1) is 18.1 Å². The fourth-order valence-corrected chi connectivity index (χ4v) is 1.20. The highest BCUT2D eigenvalue weighted by Crippen LogP contribution is 2.28. The summed E-state index contributed by atoms with van der Waals surface area (Å²) in [6.45, 7) is 4.19. The highest BCUT2D eigenvalue weighted by atomic mass is 16.5. The van der Waals surface area contributed by atoms with Crippen molar-refractivity contribution in [2.75, 3.05) is 6.61 Å². The molecule has 0 aromatic heterocycles. The number of carboxylic acid groups (broad SMARTS) is 1. The zero-order chi connectivity index (χ0) is 7.78. The lowest BCUT2D eigenvalue weighted by Gasteiger charge is -2.14. The minimum Gasteiger partial charge on any atom is -0.481 e. The Morgan fingerprint density at radius 1 is 1.70 bits per heavy atom. The van der Waals surface area contributed by atoms with E-state index >= 15 is 0 Å². The highest BCUT2D eigenvalue weighted by Gasteiger charge is 2.35. The van der Waals surface area contributed by atoms with E-state index in [2.05, 4.69) is 0 Å². The Hall–Kier alpha value is -0.570. The van der Waals surface area contributed by atoms with E-state index in [1.165, 1.54) is 0 Å². The third-order valence-electron chi connectivity index (χ3n) is 1.76. The van der Waals surface area contributed by atoms with Gasteiger partial charge in [0, 0.05) is 0 Å². The van der Waals surface area contributed by atoms with Crippen LogP contribution in [0.4, 0.5) is 0 Å². The van der Waals surface area contributed by atoms with Gasteiger partial charge in [-0.05, 0) is 20.3 Å². The smallest absolute Gasteiger partial charge is 0.308 e. The van der Waals surface area contributed by atoms with Crippen LogP contribution in [-0.2, 0) is 9.53 Å². The van der Waals surface area contributed by atoms with Crippen LogP contribution in [0.25, 0.3) is 0 Å². The molecule has 1 aliphatic heterocycles. The van der Waals surface area contributed by atoms with Crippen LogP contribution < -0.4 is 0 Å². The predicted molar refractivity (Wildman–Crippen MR) is 35.8 cm³/mol. The van der Waals surface area contributed by atoms with E-state index in [0.29, 0.717) is 13.0 Å². The Balaban J connectivity index is 2.51. The number of hydrogen-bond acceptors (Lipinski definition) is 2. The Labute approximate surface area is 60.0 Å². The summed E-state index contributed by atoms with van der Waals surface area (Å²) in [6.07, 6.45) is 0.627. The SMILES string of the molecule is CC1(C)C[C@@H](C(=O)O)CO1. The fraction of sp³-hybridized carbons (Fsp3) is 0.857. The minimum absolute atomic E-state index is 0.233. The Morgan fingerprint density at radius 2 is 2.30 bits per heavy atom.